The second-order valence-corrected chi connectivity index (χ2v) is 11.6. The van der Waals surface area contributed by atoms with Crippen molar-refractivity contribution in [1.29, 1.82) is 0 Å². The third-order valence-corrected chi connectivity index (χ3v) is 8.62. The van der Waals surface area contributed by atoms with Crippen molar-refractivity contribution in [3.63, 3.8) is 0 Å². The highest BCUT2D eigenvalue weighted by molar-refractivity contribution is 5.92. The molecule has 0 amide bonds. The molecular formula is C29H37F3N6O2. The van der Waals surface area contributed by atoms with Gasteiger partial charge in [0, 0.05) is 18.8 Å². The molecule has 11 heteroatoms. The minimum Gasteiger partial charge on any atom is -0.463 e. The van der Waals surface area contributed by atoms with Gasteiger partial charge in [-0.25, -0.2) is 19.7 Å². The molecule has 0 spiro atoms. The monoisotopic (exact) mass is 558 g/mol. The summed E-state index contributed by atoms with van der Waals surface area (Å²) >= 11 is 0. The van der Waals surface area contributed by atoms with Crippen molar-refractivity contribution in [2.45, 2.75) is 90.4 Å². The van der Waals surface area contributed by atoms with Crippen molar-refractivity contribution < 1.29 is 22.7 Å². The number of anilines is 1. The number of nitrogens with one attached hydrogen (secondary N) is 1. The molecule has 3 aromatic heterocycles. The van der Waals surface area contributed by atoms with Crippen molar-refractivity contribution in [1.82, 2.24) is 24.5 Å². The summed E-state index contributed by atoms with van der Waals surface area (Å²) in [4.78, 5) is 31.0. The van der Waals surface area contributed by atoms with Crippen LogP contribution in [-0.2, 0) is 11.3 Å². The van der Waals surface area contributed by atoms with E-state index in [-0.39, 0.29) is 36.5 Å². The number of aromatic nitrogens is 5. The number of ether oxygens (including phenoxy) is 1. The van der Waals surface area contributed by atoms with Gasteiger partial charge in [0.25, 0.3) is 0 Å². The molecule has 3 aromatic rings. The topological polar surface area (TPSA) is 94.8 Å². The number of pyridine rings is 1. The number of esters is 1. The van der Waals surface area contributed by atoms with Crippen LogP contribution >= 0.6 is 0 Å². The molecule has 2 saturated carbocycles. The number of carbonyl (C=O) groups excluding carboxylic acids is 1. The largest absolute Gasteiger partial charge is 0.463 e. The smallest absolute Gasteiger partial charge is 0.391 e. The van der Waals surface area contributed by atoms with E-state index in [9.17, 15) is 18.0 Å². The molecule has 0 radical (unpaired) electrons. The predicted molar refractivity (Wildman–Crippen MR) is 146 cm³/mol. The molecule has 3 heterocycles. The Morgan fingerprint density at radius 2 is 1.82 bits per heavy atom. The lowest BCUT2D eigenvalue weighted by Gasteiger charge is -2.32. The first-order valence-electron chi connectivity index (χ1n) is 14.2. The van der Waals surface area contributed by atoms with Crippen LogP contribution in [0.3, 0.4) is 0 Å². The molecule has 40 heavy (non-hydrogen) atoms. The molecule has 0 bridgehead atoms. The van der Waals surface area contributed by atoms with Crippen molar-refractivity contribution in [2.75, 3.05) is 12.4 Å². The third-order valence-electron chi connectivity index (χ3n) is 8.62. The first-order chi connectivity index (χ1) is 19.0. The van der Waals surface area contributed by atoms with E-state index in [0.29, 0.717) is 53.8 Å². The Morgan fingerprint density at radius 1 is 1.10 bits per heavy atom. The van der Waals surface area contributed by atoms with Gasteiger partial charge in [0.15, 0.2) is 17.3 Å². The van der Waals surface area contributed by atoms with Crippen LogP contribution in [0.5, 0.6) is 0 Å². The molecule has 216 valence electrons. The van der Waals surface area contributed by atoms with Crippen LogP contribution < -0.4 is 5.32 Å². The zero-order chi connectivity index (χ0) is 28.6. The van der Waals surface area contributed by atoms with E-state index in [2.05, 4.69) is 41.0 Å². The highest BCUT2D eigenvalue weighted by Crippen LogP contribution is 2.41. The lowest BCUT2D eigenvalue weighted by atomic mass is 9.80. The molecule has 8 nitrogen and oxygen atoms in total. The summed E-state index contributed by atoms with van der Waals surface area (Å²) in [6.07, 6.45) is 2.16. The third kappa shape index (κ3) is 5.78. The van der Waals surface area contributed by atoms with Crippen molar-refractivity contribution in [3.05, 3.63) is 29.7 Å². The van der Waals surface area contributed by atoms with E-state index in [4.69, 9.17) is 9.72 Å². The Labute approximate surface area is 232 Å². The van der Waals surface area contributed by atoms with Gasteiger partial charge in [0.05, 0.1) is 13.0 Å². The van der Waals surface area contributed by atoms with Gasteiger partial charge in [-0.1, -0.05) is 20.3 Å². The predicted octanol–water partition coefficient (Wildman–Crippen LogP) is 6.77. The maximum absolute atomic E-state index is 13.4. The van der Waals surface area contributed by atoms with Gasteiger partial charge in [-0.15, -0.1) is 0 Å². The zero-order valence-corrected chi connectivity index (χ0v) is 23.5. The van der Waals surface area contributed by atoms with Crippen LogP contribution in [0.15, 0.2) is 18.3 Å². The minimum absolute atomic E-state index is 0.0280. The number of methoxy groups -OCH3 is 1. The summed E-state index contributed by atoms with van der Waals surface area (Å²) < 4.78 is 47.0. The fraction of sp³-hybridized carbons (Fsp3) is 0.621. The molecule has 1 N–H and O–H groups in total. The Bertz CT molecular complexity index is 1360. The van der Waals surface area contributed by atoms with Crippen molar-refractivity contribution in [2.24, 2.45) is 17.8 Å². The summed E-state index contributed by atoms with van der Waals surface area (Å²) in [6.45, 7) is 6.75. The zero-order valence-electron chi connectivity index (χ0n) is 23.5. The number of rotatable bonds is 8. The fourth-order valence-corrected chi connectivity index (χ4v) is 5.82. The second kappa shape index (κ2) is 11.3. The highest BCUT2D eigenvalue weighted by Gasteiger charge is 2.41. The SMILES string of the molecule is COC(=O)c1nc(N[C@H](C)C2CCC2)c2c(n1)nc(-c1cc(C(C)C)ccn1)n2CC1CCC(C(F)(F)F)CC1. The van der Waals surface area contributed by atoms with Crippen LogP contribution in [0.4, 0.5) is 19.0 Å². The number of hydrogen-bond donors (Lipinski definition) is 1. The van der Waals surface area contributed by atoms with Crippen LogP contribution in [0.2, 0.25) is 0 Å². The standard InChI is InChI=1S/C29H37F3N6O2/c1-16(2)20-12-13-33-22(14-20)27-37-25-23(38(27)15-18-8-10-21(11-9-18)29(30,31)32)24(34-17(3)19-6-5-7-19)35-26(36-25)28(39)40-4/h12-14,16-19,21H,5-11,15H2,1-4H3,(H,34,35,36)/t17-,18?,21?/m1/s1. The van der Waals surface area contributed by atoms with E-state index < -0.39 is 18.1 Å². The van der Waals surface area contributed by atoms with E-state index in [1.165, 1.54) is 13.5 Å². The summed E-state index contributed by atoms with van der Waals surface area (Å²) in [7, 11) is 1.28. The van der Waals surface area contributed by atoms with Gasteiger partial charge in [-0.3, -0.25) is 4.98 Å². The maximum Gasteiger partial charge on any atom is 0.391 e. The van der Waals surface area contributed by atoms with Gasteiger partial charge in [0.1, 0.15) is 11.2 Å². The van der Waals surface area contributed by atoms with E-state index >= 15 is 0 Å². The number of nitrogens with zero attached hydrogens (tertiary/aromatic N) is 5. The average molecular weight is 559 g/mol. The van der Waals surface area contributed by atoms with Crippen LogP contribution in [0.25, 0.3) is 22.7 Å². The van der Waals surface area contributed by atoms with Crippen molar-refractivity contribution >= 4 is 23.0 Å². The Kier molecular flexibility index (Phi) is 8.01. The minimum atomic E-state index is -4.16. The Morgan fingerprint density at radius 3 is 2.42 bits per heavy atom. The highest BCUT2D eigenvalue weighted by atomic mass is 19.4. The molecule has 1 atom stereocenters. The number of fused-ring (bicyclic) bond motifs is 1. The lowest BCUT2D eigenvalue weighted by Crippen LogP contribution is -2.32. The van der Waals surface area contributed by atoms with E-state index in [1.54, 1.807) is 6.20 Å². The molecular weight excluding hydrogens is 521 g/mol. The Hall–Kier alpha value is -3.24. The quantitative estimate of drug-likeness (QED) is 0.305. The molecule has 2 fully saturated rings. The number of alkyl halides is 3. The molecule has 2 aliphatic rings. The number of carbonyl (C=O) groups is 1. The summed E-state index contributed by atoms with van der Waals surface area (Å²) in [6, 6.07) is 4.05. The fourth-order valence-electron chi connectivity index (χ4n) is 5.82. The maximum atomic E-state index is 13.4. The second-order valence-electron chi connectivity index (χ2n) is 11.6. The van der Waals surface area contributed by atoms with E-state index in [1.807, 2.05) is 16.7 Å². The summed E-state index contributed by atoms with van der Waals surface area (Å²) in [5, 5.41) is 3.52. The molecule has 2 aliphatic carbocycles. The van der Waals surface area contributed by atoms with E-state index in [0.717, 1.165) is 18.4 Å². The number of hydrogen-bond acceptors (Lipinski definition) is 7. The van der Waals surface area contributed by atoms with Crippen LogP contribution in [0, 0.1) is 17.8 Å². The molecule has 5 rings (SSSR count). The van der Waals surface area contributed by atoms with Gasteiger partial charge in [-0.05, 0) is 80.9 Å². The molecule has 0 aromatic carbocycles. The van der Waals surface area contributed by atoms with Crippen LogP contribution in [0.1, 0.15) is 87.8 Å². The van der Waals surface area contributed by atoms with Gasteiger partial charge < -0.3 is 14.6 Å². The van der Waals surface area contributed by atoms with Gasteiger partial charge in [-0.2, -0.15) is 13.2 Å². The Balaban J connectivity index is 1.61. The van der Waals surface area contributed by atoms with Gasteiger partial charge in [0.2, 0.25) is 5.82 Å². The number of halogens is 3. The molecule has 0 unspecified atom stereocenters. The summed E-state index contributed by atoms with van der Waals surface area (Å²) in [5.41, 5.74) is 2.69. The average Bonchev–Trinajstić information content (AvgIpc) is 3.25. The first-order valence-corrected chi connectivity index (χ1v) is 14.2. The lowest BCUT2D eigenvalue weighted by molar-refractivity contribution is -0.184. The summed E-state index contributed by atoms with van der Waals surface area (Å²) in [5.74, 6) is -0.183. The molecule has 0 saturated heterocycles. The van der Waals surface area contributed by atoms with Crippen LogP contribution in [-0.4, -0.2) is 49.8 Å². The molecule has 0 aliphatic heterocycles. The van der Waals surface area contributed by atoms with Gasteiger partial charge >= 0.3 is 12.1 Å². The van der Waals surface area contributed by atoms with Crippen molar-refractivity contribution in [3.8, 4) is 11.5 Å². The first kappa shape index (κ1) is 28.3. The normalized spacial score (nSPS) is 20.9. The number of imidazole rings is 1.